The molecule has 1 aromatic carbocycles. The van der Waals surface area contributed by atoms with E-state index in [-0.39, 0.29) is 0 Å². The van der Waals surface area contributed by atoms with Crippen LogP contribution in [-0.4, -0.2) is 28.9 Å². The highest BCUT2D eigenvalue weighted by atomic mass is 32.2. The minimum absolute atomic E-state index is 0.477. The molecule has 4 nitrogen and oxygen atoms in total. The highest BCUT2D eigenvalue weighted by molar-refractivity contribution is 8.13. The Morgan fingerprint density at radius 1 is 1.25 bits per heavy atom. The lowest BCUT2D eigenvalue weighted by molar-refractivity contribution is 0.403. The minimum atomic E-state index is 0.477. The first-order chi connectivity index (χ1) is 13.6. The Balaban J connectivity index is 1.75. The Bertz CT molecular complexity index is 707. The highest BCUT2D eigenvalue weighted by Crippen LogP contribution is 2.41. The maximum absolute atomic E-state index is 8.56. The van der Waals surface area contributed by atoms with Crippen molar-refractivity contribution >= 4 is 29.1 Å². The average molecular weight is 420 g/mol. The van der Waals surface area contributed by atoms with Gasteiger partial charge in [-0.25, -0.2) is 0 Å². The lowest BCUT2D eigenvalue weighted by Crippen LogP contribution is -2.28. The Morgan fingerprint density at radius 3 is 2.86 bits per heavy atom. The van der Waals surface area contributed by atoms with Gasteiger partial charge in [-0.05, 0) is 98.6 Å². The molecule has 2 N–H and O–H groups in total. The van der Waals surface area contributed by atoms with E-state index < -0.39 is 0 Å². The number of nitrogens with zero attached hydrogens (tertiary/aromatic N) is 1. The molecule has 0 amide bonds. The number of rotatable bonds is 7. The zero-order chi connectivity index (χ0) is 19.9. The van der Waals surface area contributed by atoms with Gasteiger partial charge in [-0.3, -0.25) is 14.4 Å². The number of fused-ring (bicyclic) bond motifs is 1. The van der Waals surface area contributed by atoms with Crippen LogP contribution >= 0.6 is 23.9 Å². The molecule has 6 heteroatoms. The van der Waals surface area contributed by atoms with Crippen molar-refractivity contribution in [3.05, 3.63) is 41.0 Å². The van der Waals surface area contributed by atoms with Crippen LogP contribution in [0.15, 0.2) is 29.8 Å². The molecule has 2 unspecified atom stereocenters. The normalized spacial score (nSPS) is 21.6. The first-order valence-electron chi connectivity index (χ1n) is 10.4. The van der Waals surface area contributed by atoms with Gasteiger partial charge >= 0.3 is 0 Å². The van der Waals surface area contributed by atoms with Crippen LogP contribution in [0.2, 0.25) is 0 Å². The molecule has 2 aliphatic rings. The smallest absolute Gasteiger partial charge is 0.182 e. The van der Waals surface area contributed by atoms with E-state index in [1.54, 1.807) is 12.7 Å². The van der Waals surface area contributed by atoms with E-state index in [9.17, 15) is 0 Å². The zero-order valence-electron chi connectivity index (χ0n) is 17.3. The van der Waals surface area contributed by atoms with Gasteiger partial charge in [0.1, 0.15) is 5.75 Å². The number of methoxy groups -OCH3 is 1. The first-order valence-corrected chi connectivity index (χ1v) is 12.0. The monoisotopic (exact) mass is 419 g/mol. The van der Waals surface area contributed by atoms with Gasteiger partial charge in [-0.2, -0.15) is 0 Å². The second-order valence-electron chi connectivity index (χ2n) is 7.54. The number of hydrogen-bond acceptors (Lipinski definition) is 5. The summed E-state index contributed by atoms with van der Waals surface area (Å²) in [6, 6.07) is 6.31. The number of hydrogen-bond donors (Lipinski definition) is 2. The maximum Gasteiger partial charge on any atom is 0.182 e. The average Bonchev–Trinajstić information content (AvgIpc) is 2.73. The summed E-state index contributed by atoms with van der Waals surface area (Å²) in [5, 5.41) is 9.60. The van der Waals surface area contributed by atoms with E-state index in [1.165, 1.54) is 61.6 Å². The molecule has 0 radical (unpaired) electrons. The van der Waals surface area contributed by atoms with Crippen molar-refractivity contribution in [2.45, 2.75) is 63.7 Å². The summed E-state index contributed by atoms with van der Waals surface area (Å²) < 4.78 is 10.6. The van der Waals surface area contributed by atoms with Crippen LogP contribution in [-0.2, 0) is 13.0 Å². The van der Waals surface area contributed by atoms with Crippen LogP contribution in [0.25, 0.3) is 0 Å². The van der Waals surface area contributed by atoms with Crippen molar-refractivity contribution in [2.75, 3.05) is 14.2 Å². The minimum Gasteiger partial charge on any atom is -0.497 e. The van der Waals surface area contributed by atoms with Gasteiger partial charge in [0.05, 0.1) is 13.7 Å². The van der Waals surface area contributed by atoms with E-state index in [4.69, 9.17) is 10.1 Å². The molecule has 3 rings (SSSR count). The summed E-state index contributed by atoms with van der Waals surface area (Å²) in [7, 11) is 3.59. The van der Waals surface area contributed by atoms with Crippen LogP contribution in [0, 0.1) is 11.3 Å². The predicted molar refractivity (Wildman–Crippen MR) is 123 cm³/mol. The summed E-state index contributed by atoms with van der Waals surface area (Å²) in [5.74, 6) is 1.73. The number of amidine groups is 1. The fraction of sp³-hybridized carbons (Fsp3) is 0.591. The van der Waals surface area contributed by atoms with E-state index in [2.05, 4.69) is 34.2 Å². The first kappa shape index (κ1) is 21.6. The molecule has 1 aromatic rings. The van der Waals surface area contributed by atoms with Crippen molar-refractivity contribution in [3.8, 4) is 5.75 Å². The lowest BCUT2D eigenvalue weighted by Gasteiger charge is -2.34. The summed E-state index contributed by atoms with van der Waals surface area (Å²) in [5.41, 5.74) is 4.25. The van der Waals surface area contributed by atoms with E-state index in [0.29, 0.717) is 10.4 Å². The summed E-state index contributed by atoms with van der Waals surface area (Å²) >= 11 is 3.22. The van der Waals surface area contributed by atoms with Crippen LogP contribution < -0.4 is 9.46 Å². The van der Waals surface area contributed by atoms with Crippen molar-refractivity contribution in [3.63, 3.8) is 0 Å². The molecule has 28 heavy (non-hydrogen) atoms. The third-order valence-electron chi connectivity index (χ3n) is 5.79. The molecular formula is C22H33N3OS2. The molecule has 1 saturated carbocycles. The molecule has 154 valence electrons. The molecule has 0 bridgehead atoms. The van der Waals surface area contributed by atoms with Crippen LogP contribution in [0.3, 0.4) is 0 Å². The summed E-state index contributed by atoms with van der Waals surface area (Å²) in [6.07, 6.45) is 11.4. The quantitative estimate of drug-likeness (QED) is 0.253. The van der Waals surface area contributed by atoms with Crippen molar-refractivity contribution in [2.24, 2.45) is 5.92 Å². The van der Waals surface area contributed by atoms with Crippen molar-refractivity contribution in [1.82, 2.24) is 9.03 Å². The van der Waals surface area contributed by atoms with Crippen molar-refractivity contribution < 1.29 is 4.74 Å². The van der Waals surface area contributed by atoms with Gasteiger partial charge in [0.15, 0.2) is 5.17 Å². The molecule has 2 aliphatic carbocycles. The van der Waals surface area contributed by atoms with E-state index >= 15 is 0 Å². The molecule has 0 aromatic heterocycles. The molecule has 0 heterocycles. The van der Waals surface area contributed by atoms with E-state index in [1.807, 2.05) is 25.1 Å². The molecule has 0 saturated heterocycles. The second kappa shape index (κ2) is 10.6. The Kier molecular flexibility index (Phi) is 8.18. The maximum atomic E-state index is 8.56. The number of ether oxygens (including phenoxy) is 1. The van der Waals surface area contributed by atoms with Crippen LogP contribution in [0.1, 0.15) is 56.6 Å². The van der Waals surface area contributed by atoms with Gasteiger partial charge in [0.2, 0.25) is 0 Å². The molecule has 0 spiro atoms. The lowest BCUT2D eigenvalue weighted by atomic mass is 9.78. The van der Waals surface area contributed by atoms with Gasteiger partial charge in [0.25, 0.3) is 0 Å². The topological polar surface area (TPSA) is 48.4 Å². The Labute approximate surface area is 178 Å². The largest absolute Gasteiger partial charge is 0.497 e. The zero-order valence-corrected chi connectivity index (χ0v) is 18.9. The predicted octanol–water partition coefficient (Wildman–Crippen LogP) is 5.79. The van der Waals surface area contributed by atoms with Gasteiger partial charge in [-0.1, -0.05) is 31.1 Å². The fourth-order valence-electron chi connectivity index (χ4n) is 4.26. The highest BCUT2D eigenvalue weighted by Gasteiger charge is 2.27. The van der Waals surface area contributed by atoms with Gasteiger partial charge < -0.3 is 4.74 Å². The number of benzene rings is 1. The fourth-order valence-corrected chi connectivity index (χ4v) is 5.98. The summed E-state index contributed by atoms with van der Waals surface area (Å²) in [6.45, 7) is 2.92. The third kappa shape index (κ3) is 5.49. The molecule has 2 atom stereocenters. The standard InChI is InChI=1S/C22H33N3OS2/c1-4-16-13-20(26-3)11-9-19(16)15-25(22(23)27-24-2)28-21-12-10-17-7-5-6-8-18(17)14-21/h9,11,13-14,17,21,23-24H,4-8,10,12,15H2,1-3H3. The van der Waals surface area contributed by atoms with Crippen LogP contribution in [0.5, 0.6) is 5.75 Å². The van der Waals surface area contributed by atoms with Crippen molar-refractivity contribution in [1.29, 1.82) is 5.41 Å². The Hall–Kier alpha value is -1.11. The number of allylic oxidation sites excluding steroid dienone is 1. The molecule has 0 aliphatic heterocycles. The summed E-state index contributed by atoms with van der Waals surface area (Å²) in [4.78, 5) is 0. The molecular weight excluding hydrogens is 386 g/mol. The van der Waals surface area contributed by atoms with Crippen LogP contribution in [0.4, 0.5) is 0 Å². The second-order valence-corrected chi connectivity index (χ2v) is 9.80. The van der Waals surface area contributed by atoms with E-state index in [0.717, 1.165) is 24.6 Å². The SMILES string of the molecule is CCc1cc(OC)ccc1CN(SC1C=C2CCCCC2CC1)C(=N)SNC. The Morgan fingerprint density at radius 2 is 2.11 bits per heavy atom. The van der Waals surface area contributed by atoms with Gasteiger partial charge in [0, 0.05) is 5.25 Å². The molecule has 1 fully saturated rings. The number of nitrogens with one attached hydrogen (secondary N) is 2. The number of aryl methyl sites for hydroxylation is 1. The third-order valence-corrected chi connectivity index (χ3v) is 7.73. The van der Waals surface area contributed by atoms with Gasteiger partial charge in [-0.15, -0.1) is 0 Å².